The second-order valence-corrected chi connectivity index (χ2v) is 9.90. The van der Waals surface area contributed by atoms with Gasteiger partial charge in [-0.1, -0.05) is 79.7 Å². The third-order valence-electron chi connectivity index (χ3n) is 7.72. The average molecular weight is 489 g/mol. The zero-order valence-corrected chi connectivity index (χ0v) is 21.0. The summed E-state index contributed by atoms with van der Waals surface area (Å²) in [6.07, 6.45) is 0.879. The fraction of sp³-hybridized carbons (Fsp3) is 0.0571. The van der Waals surface area contributed by atoms with E-state index in [-0.39, 0.29) is 0 Å². The number of imidazole rings is 1. The molecule has 0 saturated heterocycles. The highest BCUT2D eigenvalue weighted by atomic mass is 16.3. The zero-order valence-electron chi connectivity index (χ0n) is 21.0. The number of furan rings is 1. The number of hydrogen-bond acceptors (Lipinski definition) is 2. The molecule has 0 saturated carbocycles. The Kier molecular flexibility index (Phi) is 4.50. The molecule has 0 spiro atoms. The molecule has 6 aromatic carbocycles. The van der Waals surface area contributed by atoms with Crippen LogP contribution in [0.4, 0.5) is 0 Å². The quantitative estimate of drug-likeness (QED) is 0.248. The molecular weight excluding hydrogens is 464 g/mol. The van der Waals surface area contributed by atoms with Crippen LogP contribution >= 0.6 is 0 Å². The van der Waals surface area contributed by atoms with Gasteiger partial charge < -0.3 is 4.42 Å². The van der Waals surface area contributed by atoms with Gasteiger partial charge in [-0.05, 0) is 69.8 Å². The predicted molar refractivity (Wildman–Crippen MR) is 158 cm³/mol. The Hall–Kier alpha value is -4.89. The molecule has 38 heavy (non-hydrogen) atoms. The summed E-state index contributed by atoms with van der Waals surface area (Å²) in [7, 11) is 0. The Morgan fingerprint density at radius 2 is 1.39 bits per heavy atom. The third-order valence-corrected chi connectivity index (χ3v) is 7.72. The van der Waals surface area contributed by atoms with Crippen LogP contribution in [-0.2, 0) is 6.42 Å². The maximum atomic E-state index is 6.32. The second kappa shape index (κ2) is 8.06. The number of hydrogen-bond donors (Lipinski definition) is 0. The molecule has 180 valence electrons. The average Bonchev–Trinajstić information content (AvgIpc) is 3.55. The zero-order chi connectivity index (χ0) is 25.2. The van der Waals surface area contributed by atoms with Crippen molar-refractivity contribution in [2.45, 2.75) is 13.3 Å². The molecule has 8 rings (SSSR count). The van der Waals surface area contributed by atoms with Gasteiger partial charge in [-0.3, -0.25) is 4.57 Å². The topological polar surface area (TPSA) is 31.0 Å². The predicted octanol–water partition coefficient (Wildman–Crippen LogP) is 9.46. The van der Waals surface area contributed by atoms with Crippen LogP contribution in [0.3, 0.4) is 0 Å². The fourth-order valence-corrected chi connectivity index (χ4v) is 5.93. The van der Waals surface area contributed by atoms with Crippen molar-refractivity contribution in [3.05, 3.63) is 121 Å². The van der Waals surface area contributed by atoms with Crippen LogP contribution in [0.2, 0.25) is 0 Å². The van der Waals surface area contributed by atoms with Crippen LogP contribution in [0.15, 0.2) is 120 Å². The number of rotatable bonds is 3. The van der Waals surface area contributed by atoms with Crippen LogP contribution in [0, 0.1) is 0 Å². The van der Waals surface area contributed by atoms with Gasteiger partial charge in [0.15, 0.2) is 0 Å². The minimum Gasteiger partial charge on any atom is -0.455 e. The highest BCUT2D eigenvalue weighted by Gasteiger charge is 2.15. The molecule has 0 unspecified atom stereocenters. The largest absolute Gasteiger partial charge is 0.455 e. The first kappa shape index (κ1) is 21.2. The van der Waals surface area contributed by atoms with Gasteiger partial charge in [0.05, 0.1) is 11.0 Å². The van der Waals surface area contributed by atoms with Crippen molar-refractivity contribution >= 4 is 54.5 Å². The summed E-state index contributed by atoms with van der Waals surface area (Å²) in [5.41, 5.74) is 7.63. The Morgan fingerprint density at radius 3 is 2.29 bits per heavy atom. The molecule has 0 aliphatic heterocycles. The van der Waals surface area contributed by atoms with E-state index in [0.717, 1.165) is 56.3 Å². The van der Waals surface area contributed by atoms with Crippen LogP contribution in [0.5, 0.6) is 0 Å². The lowest BCUT2D eigenvalue weighted by molar-refractivity contribution is 0.672. The molecule has 0 radical (unpaired) electrons. The summed E-state index contributed by atoms with van der Waals surface area (Å²) in [6, 6.07) is 41.0. The number of nitrogens with zero attached hydrogens (tertiary/aromatic N) is 2. The molecule has 8 aromatic rings. The molecule has 0 bridgehead atoms. The molecule has 0 amide bonds. The van der Waals surface area contributed by atoms with Gasteiger partial charge in [0, 0.05) is 28.3 Å². The Morgan fingerprint density at radius 1 is 0.658 bits per heavy atom. The van der Waals surface area contributed by atoms with Crippen LogP contribution in [0.25, 0.3) is 71.3 Å². The van der Waals surface area contributed by atoms with Crippen molar-refractivity contribution in [2.24, 2.45) is 0 Å². The van der Waals surface area contributed by atoms with Crippen molar-refractivity contribution in [3.8, 4) is 16.8 Å². The van der Waals surface area contributed by atoms with E-state index in [9.17, 15) is 0 Å². The van der Waals surface area contributed by atoms with Crippen LogP contribution in [0.1, 0.15) is 12.7 Å². The molecule has 0 atom stereocenters. The number of aromatic nitrogens is 2. The Labute approximate surface area is 219 Å². The van der Waals surface area contributed by atoms with Crippen molar-refractivity contribution in [1.82, 2.24) is 9.55 Å². The first-order valence-corrected chi connectivity index (χ1v) is 13.1. The second-order valence-electron chi connectivity index (χ2n) is 9.90. The van der Waals surface area contributed by atoms with Gasteiger partial charge >= 0.3 is 0 Å². The maximum Gasteiger partial charge on any atom is 0.143 e. The standard InChI is InChI=1S/C35H24N2O/c1-2-34-36-31-12-6-7-13-32(31)37(34)25-18-17-22-19-24(16-15-23(22)20-25)29-21-30-27-10-5-8-14-33(27)38-35(30)28-11-4-3-9-26(28)29/h3-21H,2H2,1H3. The van der Waals surface area contributed by atoms with Crippen LogP contribution in [-0.4, -0.2) is 9.55 Å². The van der Waals surface area contributed by atoms with E-state index in [4.69, 9.17) is 9.40 Å². The first-order chi connectivity index (χ1) is 18.8. The molecule has 3 nitrogen and oxygen atoms in total. The number of aryl methyl sites for hydroxylation is 1. The van der Waals surface area contributed by atoms with Gasteiger partial charge in [-0.25, -0.2) is 4.98 Å². The van der Waals surface area contributed by atoms with E-state index in [0.29, 0.717) is 0 Å². The molecule has 2 aromatic heterocycles. The fourth-order valence-electron chi connectivity index (χ4n) is 5.93. The van der Waals surface area contributed by atoms with E-state index in [1.54, 1.807) is 0 Å². The van der Waals surface area contributed by atoms with E-state index >= 15 is 0 Å². The molecule has 0 N–H and O–H groups in total. The smallest absolute Gasteiger partial charge is 0.143 e. The molecular formula is C35H24N2O. The highest BCUT2D eigenvalue weighted by molar-refractivity contribution is 6.19. The number of benzene rings is 6. The van der Waals surface area contributed by atoms with E-state index < -0.39 is 0 Å². The monoisotopic (exact) mass is 488 g/mol. The Balaban J connectivity index is 1.33. The van der Waals surface area contributed by atoms with Crippen molar-refractivity contribution in [2.75, 3.05) is 0 Å². The normalized spacial score (nSPS) is 11.9. The lowest BCUT2D eigenvalue weighted by Gasteiger charge is -2.12. The summed E-state index contributed by atoms with van der Waals surface area (Å²) >= 11 is 0. The van der Waals surface area contributed by atoms with Gasteiger partial charge in [0.25, 0.3) is 0 Å². The third kappa shape index (κ3) is 3.05. The van der Waals surface area contributed by atoms with E-state index in [1.807, 2.05) is 12.1 Å². The van der Waals surface area contributed by atoms with Gasteiger partial charge in [0.2, 0.25) is 0 Å². The lowest BCUT2D eigenvalue weighted by atomic mass is 9.94. The van der Waals surface area contributed by atoms with Crippen molar-refractivity contribution in [1.29, 1.82) is 0 Å². The summed E-state index contributed by atoms with van der Waals surface area (Å²) in [5, 5.41) is 7.08. The molecule has 3 heteroatoms. The lowest BCUT2D eigenvalue weighted by Crippen LogP contribution is -1.99. The van der Waals surface area contributed by atoms with Gasteiger partial charge in [-0.2, -0.15) is 0 Å². The van der Waals surface area contributed by atoms with Crippen molar-refractivity contribution < 1.29 is 4.42 Å². The SMILES string of the molecule is CCc1nc2ccccc2n1-c1ccc2cc(-c3cc4c5ccccc5oc4c4ccccc34)ccc2c1. The van der Waals surface area contributed by atoms with E-state index in [1.165, 1.54) is 27.3 Å². The summed E-state index contributed by atoms with van der Waals surface area (Å²) in [6.45, 7) is 2.16. The number of fused-ring (bicyclic) bond motifs is 7. The van der Waals surface area contributed by atoms with Gasteiger partial charge in [-0.15, -0.1) is 0 Å². The minimum absolute atomic E-state index is 0.879. The number of para-hydroxylation sites is 3. The summed E-state index contributed by atoms with van der Waals surface area (Å²) in [4.78, 5) is 4.87. The van der Waals surface area contributed by atoms with Crippen molar-refractivity contribution in [3.63, 3.8) is 0 Å². The van der Waals surface area contributed by atoms with Gasteiger partial charge in [0.1, 0.15) is 17.0 Å². The Bertz CT molecular complexity index is 2180. The first-order valence-electron chi connectivity index (χ1n) is 13.1. The summed E-state index contributed by atoms with van der Waals surface area (Å²) < 4.78 is 8.60. The van der Waals surface area contributed by atoms with E-state index in [2.05, 4.69) is 115 Å². The maximum absolute atomic E-state index is 6.32. The minimum atomic E-state index is 0.879. The molecule has 0 aliphatic rings. The van der Waals surface area contributed by atoms with Crippen LogP contribution < -0.4 is 0 Å². The highest BCUT2D eigenvalue weighted by Crippen LogP contribution is 2.40. The molecule has 2 heterocycles. The summed E-state index contributed by atoms with van der Waals surface area (Å²) in [5.74, 6) is 1.08. The molecule has 0 aliphatic carbocycles. The molecule has 0 fully saturated rings.